The van der Waals surface area contributed by atoms with Crippen LogP contribution in [0, 0.1) is 0 Å². The second-order valence-electron chi connectivity index (χ2n) is 3.93. The molecule has 2 N–H and O–H groups in total. The van der Waals surface area contributed by atoms with Crippen LogP contribution >= 0.6 is 0 Å². The van der Waals surface area contributed by atoms with E-state index in [1.54, 1.807) is 26.0 Å². The summed E-state index contributed by atoms with van der Waals surface area (Å²) in [6.45, 7) is 4.29. The molecule has 1 rings (SSSR count). The molecule has 3 nitrogen and oxygen atoms in total. The molecule has 0 aliphatic carbocycles. The second kappa shape index (κ2) is 5.03. The minimum Gasteiger partial charge on any atom is -0.402 e. The summed E-state index contributed by atoms with van der Waals surface area (Å²) in [5.74, 6) is -2.96. The first kappa shape index (κ1) is 13.3. The van der Waals surface area contributed by atoms with Crippen LogP contribution in [0.3, 0.4) is 0 Å². The molecule has 0 radical (unpaired) electrons. The molecule has 0 aliphatic rings. The Morgan fingerprint density at radius 3 is 2.65 bits per heavy atom. The van der Waals surface area contributed by atoms with Crippen molar-refractivity contribution in [3.05, 3.63) is 35.8 Å². The molecule has 0 aromatic carbocycles. The van der Waals surface area contributed by atoms with Crippen LogP contribution < -0.4 is 5.73 Å². The van der Waals surface area contributed by atoms with Gasteiger partial charge in [0.2, 0.25) is 0 Å². The third-order valence-corrected chi connectivity index (χ3v) is 1.94. The van der Waals surface area contributed by atoms with E-state index in [0.717, 1.165) is 6.92 Å². The maximum Gasteiger partial charge on any atom is 0.287 e. The Kier molecular flexibility index (Phi) is 3.93. The molecule has 0 fully saturated rings. The smallest absolute Gasteiger partial charge is 0.287 e. The number of halogens is 2. The van der Waals surface area contributed by atoms with Gasteiger partial charge in [0.25, 0.3) is 5.92 Å². The van der Waals surface area contributed by atoms with Gasteiger partial charge in [-0.1, -0.05) is 0 Å². The fourth-order valence-corrected chi connectivity index (χ4v) is 1.29. The van der Waals surface area contributed by atoms with Gasteiger partial charge in [0.1, 0.15) is 5.69 Å². The van der Waals surface area contributed by atoms with Gasteiger partial charge in [-0.15, -0.1) is 0 Å². The van der Waals surface area contributed by atoms with Crippen molar-refractivity contribution < 1.29 is 8.78 Å². The van der Waals surface area contributed by atoms with E-state index < -0.39 is 5.92 Å². The Hall–Kier alpha value is -1.78. The number of alkyl halides is 2. The Morgan fingerprint density at radius 1 is 1.47 bits per heavy atom. The standard InChI is InChI=1S/C12H15F2N3/c1-8(15)6-9(2)17-10-4-5-16-11(7-10)12(3,13)14/h4-7H,15H2,1-3H3. The van der Waals surface area contributed by atoms with Crippen molar-refractivity contribution >= 4 is 11.4 Å². The number of allylic oxidation sites excluding steroid dienone is 2. The molecular formula is C12H15F2N3. The molecular weight excluding hydrogens is 224 g/mol. The Morgan fingerprint density at radius 2 is 2.12 bits per heavy atom. The van der Waals surface area contributed by atoms with Crippen molar-refractivity contribution in [1.82, 2.24) is 4.98 Å². The van der Waals surface area contributed by atoms with Crippen LogP contribution in [0.5, 0.6) is 0 Å². The van der Waals surface area contributed by atoms with E-state index in [1.165, 1.54) is 12.3 Å². The normalized spacial score (nSPS) is 13.9. The Bertz CT molecular complexity index is 455. The molecule has 0 saturated carbocycles. The number of aromatic nitrogens is 1. The fourth-order valence-electron chi connectivity index (χ4n) is 1.29. The summed E-state index contributed by atoms with van der Waals surface area (Å²) >= 11 is 0. The van der Waals surface area contributed by atoms with E-state index in [9.17, 15) is 8.78 Å². The molecule has 17 heavy (non-hydrogen) atoms. The molecule has 0 unspecified atom stereocenters. The van der Waals surface area contributed by atoms with Gasteiger partial charge < -0.3 is 5.73 Å². The molecule has 0 aliphatic heterocycles. The number of nitrogens with zero attached hydrogens (tertiary/aromatic N) is 2. The van der Waals surface area contributed by atoms with E-state index in [4.69, 9.17) is 5.73 Å². The van der Waals surface area contributed by atoms with Crippen molar-refractivity contribution in [2.45, 2.75) is 26.7 Å². The highest BCUT2D eigenvalue weighted by atomic mass is 19.3. The largest absolute Gasteiger partial charge is 0.402 e. The Balaban J connectivity index is 3.05. The number of hydrogen-bond acceptors (Lipinski definition) is 3. The lowest BCUT2D eigenvalue weighted by atomic mass is 10.2. The van der Waals surface area contributed by atoms with Crippen molar-refractivity contribution in [2.75, 3.05) is 0 Å². The zero-order chi connectivity index (χ0) is 13.1. The van der Waals surface area contributed by atoms with Gasteiger partial charge in [-0.2, -0.15) is 8.78 Å². The fraction of sp³-hybridized carbons (Fsp3) is 0.333. The van der Waals surface area contributed by atoms with E-state index in [0.29, 0.717) is 17.1 Å². The molecule has 5 heteroatoms. The van der Waals surface area contributed by atoms with Gasteiger partial charge in [-0.3, -0.25) is 9.98 Å². The van der Waals surface area contributed by atoms with Crippen LogP contribution in [-0.4, -0.2) is 10.7 Å². The van der Waals surface area contributed by atoms with E-state index >= 15 is 0 Å². The van der Waals surface area contributed by atoms with Crippen molar-refractivity contribution in [3.8, 4) is 0 Å². The van der Waals surface area contributed by atoms with Crippen LogP contribution in [0.4, 0.5) is 14.5 Å². The first-order valence-corrected chi connectivity index (χ1v) is 5.12. The van der Waals surface area contributed by atoms with Crippen LogP contribution in [0.1, 0.15) is 26.5 Å². The first-order valence-electron chi connectivity index (χ1n) is 5.12. The van der Waals surface area contributed by atoms with Crippen LogP contribution in [0.2, 0.25) is 0 Å². The third kappa shape index (κ3) is 4.30. The molecule has 0 spiro atoms. The van der Waals surface area contributed by atoms with Gasteiger partial charge in [0, 0.05) is 24.5 Å². The first-order chi connectivity index (χ1) is 7.79. The van der Waals surface area contributed by atoms with Gasteiger partial charge in [0.05, 0.1) is 5.69 Å². The predicted octanol–water partition coefficient (Wildman–Crippen LogP) is 3.15. The molecule has 1 aromatic heterocycles. The monoisotopic (exact) mass is 239 g/mol. The zero-order valence-corrected chi connectivity index (χ0v) is 10.0. The number of pyridine rings is 1. The molecule has 0 amide bonds. The van der Waals surface area contributed by atoms with Crippen molar-refractivity contribution in [2.24, 2.45) is 10.7 Å². The summed E-state index contributed by atoms with van der Waals surface area (Å²) in [6, 6.07) is 2.83. The van der Waals surface area contributed by atoms with E-state index in [1.807, 2.05) is 0 Å². The number of hydrogen-bond donors (Lipinski definition) is 1. The zero-order valence-electron chi connectivity index (χ0n) is 10.0. The summed E-state index contributed by atoms with van der Waals surface area (Å²) in [6.07, 6.45) is 2.99. The van der Waals surface area contributed by atoms with Crippen LogP contribution in [0.15, 0.2) is 35.1 Å². The maximum atomic E-state index is 13.0. The van der Waals surface area contributed by atoms with Crippen LogP contribution in [0.25, 0.3) is 0 Å². The average molecular weight is 239 g/mol. The van der Waals surface area contributed by atoms with E-state index in [-0.39, 0.29) is 5.69 Å². The van der Waals surface area contributed by atoms with Crippen LogP contribution in [-0.2, 0) is 5.92 Å². The SMILES string of the molecule is CC(N)=CC(C)=Nc1ccnc(C(C)(F)F)c1. The second-order valence-corrected chi connectivity index (χ2v) is 3.93. The average Bonchev–Trinajstić information content (AvgIpc) is 2.15. The quantitative estimate of drug-likeness (QED) is 0.824. The topological polar surface area (TPSA) is 51.3 Å². The highest BCUT2D eigenvalue weighted by molar-refractivity contribution is 5.95. The van der Waals surface area contributed by atoms with Gasteiger partial charge in [-0.25, -0.2) is 0 Å². The van der Waals surface area contributed by atoms with Gasteiger partial charge in [0.15, 0.2) is 0 Å². The summed E-state index contributed by atoms with van der Waals surface area (Å²) in [5.41, 5.74) is 6.91. The molecule has 1 aromatic rings. The number of aliphatic imine (C=N–C) groups is 1. The predicted molar refractivity (Wildman–Crippen MR) is 64.5 cm³/mol. The third-order valence-electron chi connectivity index (χ3n) is 1.94. The molecule has 0 bridgehead atoms. The maximum absolute atomic E-state index is 13.0. The van der Waals surface area contributed by atoms with Crippen molar-refractivity contribution in [1.29, 1.82) is 0 Å². The van der Waals surface area contributed by atoms with Gasteiger partial charge >= 0.3 is 0 Å². The highest BCUT2D eigenvalue weighted by Gasteiger charge is 2.26. The minimum atomic E-state index is -2.96. The highest BCUT2D eigenvalue weighted by Crippen LogP contribution is 2.27. The summed E-state index contributed by atoms with van der Waals surface area (Å²) in [7, 11) is 0. The lowest BCUT2D eigenvalue weighted by Crippen LogP contribution is -2.08. The lowest BCUT2D eigenvalue weighted by Gasteiger charge is -2.09. The number of nitrogens with two attached hydrogens (primary N) is 1. The van der Waals surface area contributed by atoms with Crippen molar-refractivity contribution in [3.63, 3.8) is 0 Å². The Labute approximate surface area is 99.1 Å². The molecule has 92 valence electrons. The van der Waals surface area contributed by atoms with Gasteiger partial charge in [-0.05, 0) is 32.1 Å². The summed E-state index contributed by atoms with van der Waals surface area (Å²) in [4.78, 5) is 7.78. The minimum absolute atomic E-state index is 0.292. The van der Waals surface area contributed by atoms with E-state index in [2.05, 4.69) is 9.98 Å². The lowest BCUT2D eigenvalue weighted by molar-refractivity contribution is 0.0128. The number of rotatable bonds is 3. The molecule has 1 heterocycles. The summed E-state index contributed by atoms with van der Waals surface area (Å²) in [5, 5.41) is 0. The molecule has 0 saturated heterocycles. The summed E-state index contributed by atoms with van der Waals surface area (Å²) < 4.78 is 26.1. The molecule has 0 atom stereocenters.